The zero-order valence-electron chi connectivity index (χ0n) is 14.1. The summed E-state index contributed by atoms with van der Waals surface area (Å²) >= 11 is 9.68. The lowest BCUT2D eigenvalue weighted by Crippen LogP contribution is -2.31. The third kappa shape index (κ3) is 5.07. The summed E-state index contributed by atoms with van der Waals surface area (Å²) in [5.74, 6) is -0.0978. The van der Waals surface area contributed by atoms with Crippen LogP contribution in [0.25, 0.3) is 0 Å². The molecule has 24 heavy (non-hydrogen) atoms. The number of hydrogen-bond acceptors (Lipinski definition) is 2. The number of aryl methyl sites for hydroxylation is 2. The molecule has 0 fully saturated rings. The first-order valence-electron chi connectivity index (χ1n) is 7.96. The molecule has 0 bridgehead atoms. The van der Waals surface area contributed by atoms with Crippen LogP contribution in [0.15, 0.2) is 40.9 Å². The normalized spacial score (nSPS) is 12.0. The van der Waals surface area contributed by atoms with Crippen molar-refractivity contribution >= 4 is 39.1 Å². The monoisotopic (exact) mass is 408 g/mol. The highest BCUT2D eigenvalue weighted by molar-refractivity contribution is 9.10. The molecule has 0 aliphatic heterocycles. The van der Waals surface area contributed by atoms with Crippen LogP contribution in [0.2, 0.25) is 5.02 Å². The van der Waals surface area contributed by atoms with E-state index in [-0.39, 0.29) is 18.5 Å². The maximum absolute atomic E-state index is 12.3. The van der Waals surface area contributed by atoms with Crippen molar-refractivity contribution in [1.82, 2.24) is 5.32 Å². The number of hydrogen-bond donors (Lipinski definition) is 2. The standard InChI is InChI=1S/C19H22BrClN2O/c1-4-17(14-5-7-15(20)8-6-14)22-11-18(24)23-19-13(3)9-12(2)10-16(19)21/h5-10,17,22H,4,11H2,1-3H3,(H,23,24)/t17-/m0/s1. The molecule has 0 aliphatic carbocycles. The maximum atomic E-state index is 12.3. The van der Waals surface area contributed by atoms with Crippen LogP contribution in [0.3, 0.4) is 0 Å². The molecule has 128 valence electrons. The number of carbonyl (C=O) groups is 1. The fourth-order valence-electron chi connectivity index (χ4n) is 2.67. The molecule has 2 aromatic rings. The molecule has 0 unspecified atom stereocenters. The molecule has 1 atom stereocenters. The smallest absolute Gasteiger partial charge is 0.238 e. The maximum Gasteiger partial charge on any atom is 0.238 e. The predicted molar refractivity (Wildman–Crippen MR) is 105 cm³/mol. The van der Waals surface area contributed by atoms with Gasteiger partial charge in [-0.3, -0.25) is 4.79 Å². The number of nitrogens with one attached hydrogen (secondary N) is 2. The largest absolute Gasteiger partial charge is 0.323 e. The highest BCUT2D eigenvalue weighted by Crippen LogP contribution is 2.27. The average molecular weight is 410 g/mol. The molecule has 2 aromatic carbocycles. The van der Waals surface area contributed by atoms with Crippen LogP contribution in [0, 0.1) is 13.8 Å². The van der Waals surface area contributed by atoms with Crippen LogP contribution in [-0.2, 0) is 4.79 Å². The summed E-state index contributed by atoms with van der Waals surface area (Å²) in [6, 6.07) is 12.1. The molecular formula is C19H22BrClN2O. The molecule has 2 rings (SSSR count). The van der Waals surface area contributed by atoms with E-state index in [0.29, 0.717) is 10.7 Å². The quantitative estimate of drug-likeness (QED) is 0.671. The SMILES string of the molecule is CC[C@H](NCC(=O)Nc1c(C)cc(C)cc1Cl)c1ccc(Br)cc1. The number of carbonyl (C=O) groups excluding carboxylic acids is 1. The Hall–Kier alpha value is -1.36. The van der Waals surface area contributed by atoms with Gasteiger partial charge in [0.1, 0.15) is 0 Å². The Morgan fingerprint density at radius 2 is 1.88 bits per heavy atom. The van der Waals surface area contributed by atoms with Crippen molar-refractivity contribution in [3.63, 3.8) is 0 Å². The first kappa shape index (κ1) is 19.0. The van der Waals surface area contributed by atoms with Gasteiger partial charge in [-0.25, -0.2) is 0 Å². The number of anilines is 1. The summed E-state index contributed by atoms with van der Waals surface area (Å²) in [6.07, 6.45) is 0.902. The van der Waals surface area contributed by atoms with Crippen LogP contribution in [-0.4, -0.2) is 12.5 Å². The van der Waals surface area contributed by atoms with Gasteiger partial charge in [0.25, 0.3) is 0 Å². The minimum Gasteiger partial charge on any atom is -0.323 e. The number of rotatable bonds is 6. The van der Waals surface area contributed by atoms with E-state index in [1.807, 2.05) is 38.1 Å². The molecule has 0 spiro atoms. The Kier molecular flexibility index (Phi) is 6.84. The fraction of sp³-hybridized carbons (Fsp3) is 0.316. The van der Waals surface area contributed by atoms with Gasteiger partial charge in [-0.1, -0.05) is 52.7 Å². The topological polar surface area (TPSA) is 41.1 Å². The highest BCUT2D eigenvalue weighted by atomic mass is 79.9. The van der Waals surface area contributed by atoms with Gasteiger partial charge in [0, 0.05) is 10.5 Å². The summed E-state index contributed by atoms with van der Waals surface area (Å²) in [6.45, 7) is 6.26. The Bertz CT molecular complexity index is 693. The molecular weight excluding hydrogens is 388 g/mol. The Morgan fingerprint density at radius 1 is 1.21 bits per heavy atom. The number of halogens is 2. The Labute approximate surface area is 156 Å². The lowest BCUT2D eigenvalue weighted by Gasteiger charge is -2.18. The van der Waals surface area contributed by atoms with Crippen molar-refractivity contribution in [2.45, 2.75) is 33.2 Å². The zero-order valence-corrected chi connectivity index (χ0v) is 16.5. The lowest BCUT2D eigenvalue weighted by molar-refractivity contribution is -0.115. The number of amides is 1. The minimum absolute atomic E-state index is 0.0978. The van der Waals surface area contributed by atoms with Crippen molar-refractivity contribution in [3.05, 3.63) is 62.6 Å². The molecule has 0 aromatic heterocycles. The van der Waals surface area contributed by atoms with Crippen molar-refractivity contribution in [3.8, 4) is 0 Å². The third-order valence-electron chi connectivity index (χ3n) is 3.89. The van der Waals surface area contributed by atoms with Gasteiger partial charge in [-0.15, -0.1) is 0 Å². The summed E-state index contributed by atoms with van der Waals surface area (Å²) in [5, 5.41) is 6.78. The van der Waals surface area contributed by atoms with Gasteiger partial charge in [0.05, 0.1) is 17.3 Å². The van der Waals surface area contributed by atoms with Crippen LogP contribution < -0.4 is 10.6 Å². The van der Waals surface area contributed by atoms with Crippen molar-refractivity contribution in [2.24, 2.45) is 0 Å². The molecule has 0 saturated heterocycles. The van der Waals surface area contributed by atoms with Crippen molar-refractivity contribution in [2.75, 3.05) is 11.9 Å². The van der Waals surface area contributed by atoms with Crippen LogP contribution in [0.4, 0.5) is 5.69 Å². The molecule has 1 amide bonds. The van der Waals surface area contributed by atoms with Crippen LogP contribution in [0.1, 0.15) is 36.1 Å². The second-order valence-electron chi connectivity index (χ2n) is 5.88. The van der Waals surface area contributed by atoms with E-state index in [0.717, 1.165) is 27.6 Å². The first-order valence-corrected chi connectivity index (χ1v) is 9.13. The van der Waals surface area contributed by atoms with E-state index < -0.39 is 0 Å². The van der Waals surface area contributed by atoms with Crippen molar-refractivity contribution < 1.29 is 4.79 Å². The van der Waals surface area contributed by atoms with Crippen molar-refractivity contribution in [1.29, 1.82) is 0 Å². The van der Waals surface area contributed by atoms with E-state index in [1.54, 1.807) is 0 Å². The Balaban J connectivity index is 1.98. The lowest BCUT2D eigenvalue weighted by atomic mass is 10.0. The summed E-state index contributed by atoms with van der Waals surface area (Å²) in [5.41, 5.74) is 3.90. The van der Waals surface area contributed by atoms with Crippen LogP contribution in [0.5, 0.6) is 0 Å². The Morgan fingerprint density at radius 3 is 2.46 bits per heavy atom. The second kappa shape index (κ2) is 8.65. The second-order valence-corrected chi connectivity index (χ2v) is 7.20. The van der Waals surface area contributed by atoms with Gasteiger partial charge in [0.2, 0.25) is 5.91 Å². The van der Waals surface area contributed by atoms with Gasteiger partial charge in [-0.2, -0.15) is 0 Å². The third-order valence-corrected chi connectivity index (χ3v) is 4.71. The molecule has 3 nitrogen and oxygen atoms in total. The van der Waals surface area contributed by atoms with E-state index in [2.05, 4.69) is 45.6 Å². The van der Waals surface area contributed by atoms with E-state index in [4.69, 9.17) is 11.6 Å². The fourth-order valence-corrected chi connectivity index (χ4v) is 3.30. The predicted octanol–water partition coefficient (Wildman–Crippen LogP) is 5.40. The zero-order chi connectivity index (χ0) is 17.7. The summed E-state index contributed by atoms with van der Waals surface area (Å²) < 4.78 is 1.04. The minimum atomic E-state index is -0.0978. The molecule has 2 N–H and O–H groups in total. The molecule has 0 saturated carbocycles. The van der Waals surface area contributed by atoms with Gasteiger partial charge >= 0.3 is 0 Å². The molecule has 0 radical (unpaired) electrons. The highest BCUT2D eigenvalue weighted by Gasteiger charge is 2.13. The molecule has 0 aliphatic rings. The molecule has 0 heterocycles. The average Bonchev–Trinajstić information content (AvgIpc) is 2.53. The summed E-state index contributed by atoms with van der Waals surface area (Å²) in [4.78, 5) is 12.3. The number of benzene rings is 2. The van der Waals surface area contributed by atoms with E-state index in [9.17, 15) is 4.79 Å². The van der Waals surface area contributed by atoms with Gasteiger partial charge < -0.3 is 10.6 Å². The van der Waals surface area contributed by atoms with Gasteiger partial charge in [0.15, 0.2) is 0 Å². The van der Waals surface area contributed by atoms with E-state index >= 15 is 0 Å². The molecule has 5 heteroatoms. The first-order chi connectivity index (χ1) is 11.4. The van der Waals surface area contributed by atoms with E-state index in [1.165, 1.54) is 0 Å². The van der Waals surface area contributed by atoms with Crippen LogP contribution >= 0.6 is 27.5 Å². The van der Waals surface area contributed by atoms with Gasteiger partial charge in [-0.05, 0) is 55.2 Å². The summed E-state index contributed by atoms with van der Waals surface area (Å²) in [7, 11) is 0.